The van der Waals surface area contributed by atoms with Crippen LogP contribution in [0, 0.1) is 11.6 Å². The zero-order valence-corrected chi connectivity index (χ0v) is 12.5. The van der Waals surface area contributed by atoms with Crippen molar-refractivity contribution in [2.24, 2.45) is 0 Å². The number of rotatable bonds is 5. The number of unbranched alkanes of at least 4 members (excludes halogenated alkanes) is 1. The molecule has 1 heterocycles. The fourth-order valence-corrected chi connectivity index (χ4v) is 2.91. The molecule has 0 unspecified atom stereocenters. The molecule has 1 aromatic rings. The lowest BCUT2D eigenvalue weighted by atomic mass is 9.97. The first-order valence-electron chi connectivity index (χ1n) is 7.23. The predicted octanol–water partition coefficient (Wildman–Crippen LogP) is 3.75. The Morgan fingerprint density at radius 1 is 1.30 bits per heavy atom. The Balaban J connectivity index is 2.32. The first-order valence-corrected chi connectivity index (χ1v) is 7.61. The van der Waals surface area contributed by atoms with Crippen LogP contribution in [-0.4, -0.2) is 31.1 Å². The second-order valence-corrected chi connectivity index (χ2v) is 5.61. The Bertz CT molecular complexity index is 448. The fraction of sp³-hybridized carbons (Fsp3) is 0.600. The van der Waals surface area contributed by atoms with Crippen LogP contribution in [0.4, 0.5) is 8.78 Å². The summed E-state index contributed by atoms with van der Waals surface area (Å²) in [5.74, 6) is -1.10. The largest absolute Gasteiger partial charge is 0.314 e. The van der Waals surface area contributed by atoms with Crippen molar-refractivity contribution in [1.29, 1.82) is 0 Å². The quantitative estimate of drug-likeness (QED) is 0.833. The topological polar surface area (TPSA) is 15.3 Å². The molecule has 0 radical (unpaired) electrons. The molecule has 1 fully saturated rings. The molecule has 5 heteroatoms. The van der Waals surface area contributed by atoms with Crippen LogP contribution in [0.1, 0.15) is 37.8 Å². The molecule has 2 rings (SSSR count). The van der Waals surface area contributed by atoms with E-state index in [1.807, 2.05) is 0 Å². The molecule has 0 bridgehead atoms. The van der Waals surface area contributed by atoms with Gasteiger partial charge in [0.2, 0.25) is 0 Å². The highest BCUT2D eigenvalue weighted by atomic mass is 35.5. The molecule has 112 valence electrons. The molecule has 0 aliphatic carbocycles. The summed E-state index contributed by atoms with van der Waals surface area (Å²) < 4.78 is 28.4. The maximum Gasteiger partial charge on any atom is 0.149 e. The van der Waals surface area contributed by atoms with E-state index in [2.05, 4.69) is 17.1 Å². The Labute approximate surface area is 124 Å². The highest BCUT2D eigenvalue weighted by Crippen LogP contribution is 2.33. The molecule has 0 saturated carbocycles. The maximum atomic E-state index is 14.3. The van der Waals surface area contributed by atoms with Crippen LogP contribution >= 0.6 is 11.6 Å². The summed E-state index contributed by atoms with van der Waals surface area (Å²) in [6.45, 7) is 5.40. The first kappa shape index (κ1) is 15.7. The van der Waals surface area contributed by atoms with Crippen LogP contribution in [-0.2, 0) is 0 Å². The van der Waals surface area contributed by atoms with E-state index in [1.54, 1.807) is 0 Å². The minimum atomic E-state index is -0.605. The molecule has 0 amide bonds. The average molecular weight is 303 g/mol. The van der Waals surface area contributed by atoms with Crippen LogP contribution in [0.5, 0.6) is 0 Å². The Morgan fingerprint density at radius 3 is 2.65 bits per heavy atom. The van der Waals surface area contributed by atoms with Crippen LogP contribution in [0.2, 0.25) is 5.02 Å². The zero-order valence-electron chi connectivity index (χ0n) is 11.8. The van der Waals surface area contributed by atoms with Crippen molar-refractivity contribution >= 4 is 11.6 Å². The Hall–Kier alpha value is -0.710. The van der Waals surface area contributed by atoms with E-state index in [0.29, 0.717) is 0 Å². The van der Waals surface area contributed by atoms with E-state index in [1.165, 1.54) is 12.1 Å². The van der Waals surface area contributed by atoms with Gasteiger partial charge in [-0.05, 0) is 18.6 Å². The number of halogens is 3. The summed E-state index contributed by atoms with van der Waals surface area (Å²) in [5, 5.41) is 3.26. The SMILES string of the molecule is CCCC[C@H](c1c(F)ccc(Cl)c1F)N1CCNCC1. The van der Waals surface area contributed by atoms with E-state index >= 15 is 0 Å². The molecular weight excluding hydrogens is 282 g/mol. The number of hydrogen-bond acceptors (Lipinski definition) is 2. The summed E-state index contributed by atoms with van der Waals surface area (Å²) >= 11 is 5.83. The summed E-state index contributed by atoms with van der Waals surface area (Å²) in [6, 6.07) is 2.32. The number of benzene rings is 1. The Kier molecular flexibility index (Phi) is 5.75. The third-order valence-electron chi connectivity index (χ3n) is 3.84. The van der Waals surface area contributed by atoms with Crippen LogP contribution in [0.15, 0.2) is 12.1 Å². The summed E-state index contributed by atoms with van der Waals surface area (Å²) in [7, 11) is 0. The highest BCUT2D eigenvalue weighted by Gasteiger charge is 2.28. The van der Waals surface area contributed by atoms with Gasteiger partial charge in [-0.15, -0.1) is 0 Å². The molecule has 1 aromatic carbocycles. The minimum absolute atomic E-state index is 0.00182. The van der Waals surface area contributed by atoms with Gasteiger partial charge in [-0.25, -0.2) is 8.78 Å². The van der Waals surface area contributed by atoms with E-state index < -0.39 is 11.6 Å². The van der Waals surface area contributed by atoms with E-state index in [0.717, 1.165) is 45.4 Å². The molecule has 1 atom stereocenters. The molecule has 1 saturated heterocycles. The predicted molar refractivity (Wildman–Crippen MR) is 78.1 cm³/mol. The average Bonchev–Trinajstić information content (AvgIpc) is 2.47. The normalized spacial score (nSPS) is 18.2. The van der Waals surface area contributed by atoms with Gasteiger partial charge in [0.1, 0.15) is 11.6 Å². The van der Waals surface area contributed by atoms with Crippen LogP contribution in [0.25, 0.3) is 0 Å². The van der Waals surface area contributed by atoms with Crippen molar-refractivity contribution in [3.63, 3.8) is 0 Å². The molecule has 0 spiro atoms. The van der Waals surface area contributed by atoms with Crippen molar-refractivity contribution in [3.05, 3.63) is 34.4 Å². The molecule has 0 aromatic heterocycles. The molecule has 20 heavy (non-hydrogen) atoms. The van der Waals surface area contributed by atoms with Gasteiger partial charge < -0.3 is 5.32 Å². The van der Waals surface area contributed by atoms with Crippen molar-refractivity contribution in [3.8, 4) is 0 Å². The van der Waals surface area contributed by atoms with Crippen LogP contribution < -0.4 is 5.32 Å². The van der Waals surface area contributed by atoms with Crippen molar-refractivity contribution in [1.82, 2.24) is 10.2 Å². The van der Waals surface area contributed by atoms with Gasteiger partial charge in [0.05, 0.1) is 5.02 Å². The van der Waals surface area contributed by atoms with Gasteiger partial charge in [-0.3, -0.25) is 4.90 Å². The minimum Gasteiger partial charge on any atom is -0.314 e. The van der Waals surface area contributed by atoms with E-state index in [9.17, 15) is 8.78 Å². The molecule has 2 nitrogen and oxygen atoms in total. The Morgan fingerprint density at radius 2 is 2.00 bits per heavy atom. The number of piperazine rings is 1. The molecule has 1 aliphatic heterocycles. The van der Waals surface area contributed by atoms with Crippen LogP contribution in [0.3, 0.4) is 0 Å². The summed E-state index contributed by atoms with van der Waals surface area (Å²) in [4.78, 5) is 2.16. The van der Waals surface area contributed by atoms with Crippen molar-refractivity contribution in [2.75, 3.05) is 26.2 Å². The number of nitrogens with one attached hydrogen (secondary N) is 1. The van der Waals surface area contributed by atoms with E-state index in [4.69, 9.17) is 11.6 Å². The molecule has 1 N–H and O–H groups in total. The summed E-state index contributed by atoms with van der Waals surface area (Å²) in [6.07, 6.45) is 2.71. The monoisotopic (exact) mass is 302 g/mol. The van der Waals surface area contributed by atoms with Gasteiger partial charge >= 0.3 is 0 Å². The maximum absolute atomic E-state index is 14.3. The zero-order chi connectivity index (χ0) is 14.5. The van der Waals surface area contributed by atoms with Gasteiger partial charge in [0, 0.05) is 37.8 Å². The lowest BCUT2D eigenvalue weighted by Gasteiger charge is -2.35. The highest BCUT2D eigenvalue weighted by molar-refractivity contribution is 6.30. The van der Waals surface area contributed by atoms with Gasteiger partial charge in [0.25, 0.3) is 0 Å². The van der Waals surface area contributed by atoms with Gasteiger partial charge in [-0.2, -0.15) is 0 Å². The number of hydrogen-bond donors (Lipinski definition) is 1. The fourth-order valence-electron chi connectivity index (χ4n) is 2.75. The second-order valence-electron chi connectivity index (χ2n) is 5.20. The third kappa shape index (κ3) is 3.48. The smallest absolute Gasteiger partial charge is 0.149 e. The van der Waals surface area contributed by atoms with Gasteiger partial charge in [0.15, 0.2) is 0 Å². The molecule has 1 aliphatic rings. The van der Waals surface area contributed by atoms with Crippen molar-refractivity contribution < 1.29 is 8.78 Å². The molecular formula is C15H21ClF2N2. The second kappa shape index (κ2) is 7.34. The van der Waals surface area contributed by atoms with Crippen molar-refractivity contribution in [2.45, 2.75) is 32.2 Å². The first-order chi connectivity index (χ1) is 9.65. The van der Waals surface area contributed by atoms with Gasteiger partial charge in [-0.1, -0.05) is 31.4 Å². The third-order valence-corrected chi connectivity index (χ3v) is 4.13. The van der Waals surface area contributed by atoms with E-state index in [-0.39, 0.29) is 16.6 Å². The lowest BCUT2D eigenvalue weighted by Crippen LogP contribution is -2.45. The number of nitrogens with zero attached hydrogens (tertiary/aromatic N) is 1. The summed E-state index contributed by atoms with van der Waals surface area (Å²) in [5.41, 5.74) is 0.132. The standard InChI is InChI=1S/C15H21ClF2N2/c1-2-3-4-13(20-9-7-19-8-10-20)14-12(17)6-5-11(16)15(14)18/h5-6,13,19H,2-4,7-10H2,1H3/t13-/m1/s1. The lowest BCUT2D eigenvalue weighted by molar-refractivity contribution is 0.156.